The standard InChI is InChI=1S/C6H11BrN4O/c1-2-5-9-10(4-3-7)6(12)11(5)8/h2-4,8H2,1H3. The van der Waals surface area contributed by atoms with Gasteiger partial charge in [0.25, 0.3) is 0 Å². The Balaban J connectivity index is 3.07. The van der Waals surface area contributed by atoms with Crippen molar-refractivity contribution >= 4 is 15.9 Å². The minimum atomic E-state index is -0.258. The van der Waals surface area contributed by atoms with Gasteiger partial charge in [-0.1, -0.05) is 22.9 Å². The molecule has 1 rings (SSSR count). The number of nitrogen functional groups attached to an aromatic ring is 1. The third-order valence-electron chi connectivity index (χ3n) is 1.55. The molecule has 1 heterocycles. The van der Waals surface area contributed by atoms with Crippen LogP contribution in [0.25, 0.3) is 0 Å². The van der Waals surface area contributed by atoms with Crippen LogP contribution in [0.15, 0.2) is 4.79 Å². The fourth-order valence-electron chi connectivity index (χ4n) is 0.932. The van der Waals surface area contributed by atoms with Crippen molar-refractivity contribution in [2.24, 2.45) is 0 Å². The van der Waals surface area contributed by atoms with Crippen LogP contribution in [0.4, 0.5) is 0 Å². The van der Waals surface area contributed by atoms with Gasteiger partial charge in [-0.3, -0.25) is 0 Å². The zero-order chi connectivity index (χ0) is 9.14. The van der Waals surface area contributed by atoms with Crippen LogP contribution in [0.5, 0.6) is 0 Å². The van der Waals surface area contributed by atoms with Gasteiger partial charge in [0, 0.05) is 11.8 Å². The van der Waals surface area contributed by atoms with Gasteiger partial charge in [0.1, 0.15) is 0 Å². The molecule has 5 nitrogen and oxygen atoms in total. The second kappa shape index (κ2) is 3.75. The van der Waals surface area contributed by atoms with E-state index >= 15 is 0 Å². The molecular formula is C6H11BrN4O. The second-order valence-electron chi connectivity index (χ2n) is 2.33. The largest absolute Gasteiger partial charge is 0.364 e. The van der Waals surface area contributed by atoms with Gasteiger partial charge in [0.15, 0.2) is 5.82 Å². The molecule has 0 aliphatic heterocycles. The number of alkyl halides is 1. The lowest BCUT2D eigenvalue weighted by atomic mass is 10.5. The molecule has 0 saturated heterocycles. The smallest absolute Gasteiger partial charge is 0.333 e. The van der Waals surface area contributed by atoms with Gasteiger partial charge in [-0.05, 0) is 0 Å². The first-order valence-electron chi connectivity index (χ1n) is 3.70. The maximum Gasteiger partial charge on any atom is 0.364 e. The lowest BCUT2D eigenvalue weighted by molar-refractivity contribution is 0.631. The number of rotatable bonds is 3. The summed E-state index contributed by atoms with van der Waals surface area (Å²) >= 11 is 3.23. The molecule has 0 aliphatic rings. The first-order chi connectivity index (χ1) is 5.70. The van der Waals surface area contributed by atoms with Crippen LogP contribution in [-0.2, 0) is 13.0 Å². The van der Waals surface area contributed by atoms with Crippen molar-refractivity contribution in [2.45, 2.75) is 19.9 Å². The molecule has 12 heavy (non-hydrogen) atoms. The van der Waals surface area contributed by atoms with Crippen LogP contribution in [0.2, 0.25) is 0 Å². The van der Waals surface area contributed by atoms with E-state index in [0.29, 0.717) is 24.1 Å². The van der Waals surface area contributed by atoms with Crippen LogP contribution in [0.1, 0.15) is 12.7 Å². The Labute approximate surface area is 78.3 Å². The Hall–Kier alpha value is -0.780. The van der Waals surface area contributed by atoms with Gasteiger partial charge >= 0.3 is 5.69 Å². The summed E-state index contributed by atoms with van der Waals surface area (Å²) in [5.41, 5.74) is -0.258. The van der Waals surface area contributed by atoms with E-state index in [1.807, 2.05) is 6.92 Å². The SMILES string of the molecule is CCc1nn(CCBr)c(=O)n1N. The molecule has 6 heteroatoms. The van der Waals surface area contributed by atoms with Crippen molar-refractivity contribution in [1.82, 2.24) is 14.5 Å². The summed E-state index contributed by atoms with van der Waals surface area (Å²) in [4.78, 5) is 11.3. The molecule has 0 spiro atoms. The molecule has 0 bridgehead atoms. The van der Waals surface area contributed by atoms with Crippen molar-refractivity contribution in [3.63, 3.8) is 0 Å². The van der Waals surface area contributed by atoms with E-state index in [0.717, 1.165) is 4.68 Å². The summed E-state index contributed by atoms with van der Waals surface area (Å²) in [5, 5.41) is 4.73. The van der Waals surface area contributed by atoms with Gasteiger partial charge in [-0.15, -0.1) is 0 Å². The van der Waals surface area contributed by atoms with Crippen LogP contribution in [-0.4, -0.2) is 19.8 Å². The highest BCUT2D eigenvalue weighted by Gasteiger charge is 2.07. The molecule has 1 aromatic rings. The number of hydrogen-bond acceptors (Lipinski definition) is 3. The topological polar surface area (TPSA) is 65.8 Å². The second-order valence-corrected chi connectivity index (χ2v) is 3.13. The number of halogens is 1. The zero-order valence-electron chi connectivity index (χ0n) is 6.83. The van der Waals surface area contributed by atoms with E-state index < -0.39 is 0 Å². The lowest BCUT2D eigenvalue weighted by Gasteiger charge is -1.90. The molecule has 0 fully saturated rings. The summed E-state index contributed by atoms with van der Waals surface area (Å²) in [6.07, 6.45) is 0.668. The predicted octanol–water partition coefficient (Wildman–Crippen LogP) is -0.284. The highest BCUT2D eigenvalue weighted by Crippen LogP contribution is 1.90. The Morgan fingerprint density at radius 2 is 2.33 bits per heavy atom. The van der Waals surface area contributed by atoms with E-state index in [1.165, 1.54) is 4.68 Å². The maximum atomic E-state index is 11.3. The summed E-state index contributed by atoms with van der Waals surface area (Å²) < 4.78 is 2.44. The molecule has 0 atom stereocenters. The molecular weight excluding hydrogens is 224 g/mol. The number of nitrogens with two attached hydrogens (primary N) is 1. The number of aromatic nitrogens is 3. The van der Waals surface area contributed by atoms with Crippen molar-refractivity contribution in [3.8, 4) is 0 Å². The Kier molecular flexibility index (Phi) is 2.91. The van der Waals surface area contributed by atoms with Crippen LogP contribution in [0, 0.1) is 0 Å². The molecule has 2 N–H and O–H groups in total. The third kappa shape index (κ3) is 1.52. The van der Waals surface area contributed by atoms with E-state index in [9.17, 15) is 4.79 Å². The van der Waals surface area contributed by atoms with Gasteiger partial charge in [-0.25, -0.2) is 9.48 Å². The Bertz CT molecular complexity index is 316. The average Bonchev–Trinajstić information content (AvgIpc) is 2.33. The quantitative estimate of drug-likeness (QED) is 0.578. The summed E-state index contributed by atoms with van der Waals surface area (Å²) in [6, 6.07) is 0. The molecule has 0 saturated carbocycles. The molecule has 68 valence electrons. The van der Waals surface area contributed by atoms with E-state index in [4.69, 9.17) is 5.84 Å². The normalized spacial score (nSPS) is 10.5. The maximum absolute atomic E-state index is 11.3. The van der Waals surface area contributed by atoms with Gasteiger partial charge in [0.05, 0.1) is 6.54 Å². The highest BCUT2D eigenvalue weighted by atomic mass is 79.9. The van der Waals surface area contributed by atoms with Crippen LogP contribution in [0.3, 0.4) is 0 Å². The van der Waals surface area contributed by atoms with E-state index in [2.05, 4.69) is 21.0 Å². The van der Waals surface area contributed by atoms with Crippen LogP contribution >= 0.6 is 15.9 Å². The van der Waals surface area contributed by atoms with E-state index in [-0.39, 0.29) is 5.69 Å². The van der Waals surface area contributed by atoms with Crippen molar-refractivity contribution < 1.29 is 0 Å². The van der Waals surface area contributed by atoms with Crippen molar-refractivity contribution in [2.75, 3.05) is 11.2 Å². The molecule has 0 radical (unpaired) electrons. The first kappa shape index (κ1) is 9.31. The fourth-order valence-corrected chi connectivity index (χ4v) is 1.27. The lowest BCUT2D eigenvalue weighted by Crippen LogP contribution is -2.30. The number of nitrogens with zero attached hydrogens (tertiary/aromatic N) is 3. The monoisotopic (exact) mass is 234 g/mol. The summed E-state index contributed by atoms with van der Waals surface area (Å²) in [5.74, 6) is 6.06. The Morgan fingerprint density at radius 1 is 1.67 bits per heavy atom. The number of aryl methyl sites for hydroxylation is 2. The molecule has 1 aromatic heterocycles. The van der Waals surface area contributed by atoms with Gasteiger partial charge in [0.2, 0.25) is 0 Å². The molecule has 0 unspecified atom stereocenters. The summed E-state index contributed by atoms with van der Waals surface area (Å²) in [7, 11) is 0. The molecule has 0 amide bonds. The number of hydrogen-bond donors (Lipinski definition) is 1. The first-order valence-corrected chi connectivity index (χ1v) is 4.82. The minimum absolute atomic E-state index is 0.258. The van der Waals surface area contributed by atoms with Crippen molar-refractivity contribution in [1.29, 1.82) is 0 Å². The van der Waals surface area contributed by atoms with Crippen LogP contribution < -0.4 is 11.5 Å². The Morgan fingerprint density at radius 3 is 2.75 bits per heavy atom. The third-order valence-corrected chi connectivity index (χ3v) is 1.91. The molecule has 0 aromatic carbocycles. The zero-order valence-corrected chi connectivity index (χ0v) is 8.41. The predicted molar refractivity (Wildman–Crippen MR) is 49.8 cm³/mol. The van der Waals surface area contributed by atoms with Gasteiger partial charge < -0.3 is 5.84 Å². The fraction of sp³-hybridized carbons (Fsp3) is 0.667. The minimum Gasteiger partial charge on any atom is -0.333 e. The summed E-state index contributed by atoms with van der Waals surface area (Å²) in [6.45, 7) is 2.46. The van der Waals surface area contributed by atoms with Gasteiger partial charge in [-0.2, -0.15) is 9.77 Å². The van der Waals surface area contributed by atoms with E-state index in [1.54, 1.807) is 0 Å². The molecule has 0 aliphatic carbocycles. The van der Waals surface area contributed by atoms with Crippen molar-refractivity contribution in [3.05, 3.63) is 16.3 Å². The average molecular weight is 235 g/mol. The highest BCUT2D eigenvalue weighted by molar-refractivity contribution is 9.09.